The molecule has 3 aliphatic rings. The van der Waals surface area contributed by atoms with Gasteiger partial charge >= 0.3 is 12.1 Å². The molecule has 3 heterocycles. The van der Waals surface area contributed by atoms with Crippen molar-refractivity contribution >= 4 is 77.2 Å². The van der Waals surface area contributed by atoms with Crippen LogP contribution in [-0.4, -0.2) is 189 Å². The second-order valence-corrected chi connectivity index (χ2v) is 24.7. The number of urea groups is 1. The number of hydrogen-bond acceptors (Lipinski definition) is 15. The van der Waals surface area contributed by atoms with E-state index < -0.39 is 83.5 Å². The molecule has 506 valence electrons. The third-order valence-electron chi connectivity index (χ3n) is 17.3. The van der Waals surface area contributed by atoms with Crippen LogP contribution in [0.5, 0.6) is 0 Å². The van der Waals surface area contributed by atoms with E-state index in [1.165, 1.54) is 25.5 Å². The van der Waals surface area contributed by atoms with E-state index in [1.54, 1.807) is 62.1 Å². The van der Waals surface area contributed by atoms with Crippen LogP contribution in [0.4, 0.5) is 15.3 Å². The molecule has 3 aliphatic heterocycles. The number of methoxy groups -OCH3 is 2. The lowest BCUT2D eigenvalue weighted by atomic mass is 9.88. The zero-order chi connectivity index (χ0) is 67.7. The van der Waals surface area contributed by atoms with Crippen LogP contribution < -0.4 is 37.6 Å². The zero-order valence-corrected chi connectivity index (χ0v) is 55.0. The number of benzene rings is 2. The van der Waals surface area contributed by atoms with Crippen LogP contribution in [0.2, 0.25) is 0 Å². The molecule has 0 spiro atoms. The van der Waals surface area contributed by atoms with Crippen molar-refractivity contribution in [2.75, 3.05) is 66.0 Å². The summed E-state index contributed by atoms with van der Waals surface area (Å²) in [6.07, 6.45) is 6.07. The summed E-state index contributed by atoms with van der Waals surface area (Å²) in [6, 6.07) is 12.4. The number of unbranched alkanes of at least 4 members (excludes halogenated alkanes) is 2. The standard InChI is InChI=1S/C66H97N11O15/c1-11-43(6)57(51(89-9)36-55(81)76-35-19-23-50(76)58(90-10)44(7)59(82)68-33-31-45-20-14-12-15-21-45)75(8)62(85)48(41(2)3)37-70-63(86)66(39-91-40-66)74-65(88)92-38-46-25-27-47(28-26-46)71-60(83)49(22-18-32-69-64(67)87)72-61(84)56(42(4)5)73-52(78)24-16-13-17-34-77-53(79)29-30-54(77)80/h12,14-15,20-21,25-30,37,41-44,48-51,56-58H,11,13,16-19,22-24,31-36,38-40H2,1-10H3,(H,68,82)(H,71,83)(H,72,84)(H,73,78)(H,74,88)(H3,67,69,87)/t43-,44+,48?,49-,50-,51+,56-,57-,58+/m0/s1. The first-order valence-electron chi connectivity index (χ1n) is 32.0. The second-order valence-electron chi connectivity index (χ2n) is 24.7. The molecule has 5 rings (SSSR count). The van der Waals surface area contributed by atoms with Gasteiger partial charge in [-0.25, -0.2) is 14.6 Å². The summed E-state index contributed by atoms with van der Waals surface area (Å²) in [5, 5.41) is 16.4. The maximum absolute atomic E-state index is 14.6. The summed E-state index contributed by atoms with van der Waals surface area (Å²) in [4.78, 5) is 154. The zero-order valence-electron chi connectivity index (χ0n) is 55.0. The number of anilines is 1. The summed E-state index contributed by atoms with van der Waals surface area (Å²) in [6.45, 7) is 13.5. The monoisotopic (exact) mass is 1280 g/mol. The molecule has 1 unspecified atom stereocenters. The lowest BCUT2D eigenvalue weighted by Gasteiger charge is -2.40. The molecule has 2 saturated heterocycles. The molecule has 0 radical (unpaired) electrons. The molecule has 2 aromatic carbocycles. The molecule has 26 nitrogen and oxygen atoms in total. The summed E-state index contributed by atoms with van der Waals surface area (Å²) in [7, 11) is 4.73. The average Bonchev–Trinajstić information content (AvgIpc) is 0.895. The van der Waals surface area contributed by atoms with E-state index in [0.29, 0.717) is 62.9 Å². The first kappa shape index (κ1) is 74.6. The number of ether oxygens (including phenoxy) is 4. The van der Waals surface area contributed by atoms with Crippen LogP contribution in [0.25, 0.3) is 0 Å². The van der Waals surface area contributed by atoms with Gasteiger partial charge in [0.1, 0.15) is 18.7 Å². The number of nitrogens with one attached hydrogen (secondary N) is 6. The molecule has 2 fully saturated rings. The molecule has 12 amide bonds. The largest absolute Gasteiger partial charge is 0.445 e. The fraction of sp³-hybridized carbons (Fsp3) is 0.606. The van der Waals surface area contributed by atoms with Crippen molar-refractivity contribution < 1.29 is 71.7 Å². The van der Waals surface area contributed by atoms with Gasteiger partial charge in [0.2, 0.25) is 35.4 Å². The van der Waals surface area contributed by atoms with Crippen molar-refractivity contribution in [2.45, 2.75) is 168 Å². The van der Waals surface area contributed by atoms with Gasteiger partial charge in [-0.3, -0.25) is 48.1 Å². The third kappa shape index (κ3) is 21.8. The van der Waals surface area contributed by atoms with Crippen molar-refractivity contribution in [2.24, 2.45) is 40.3 Å². The molecule has 92 heavy (non-hydrogen) atoms. The Hall–Kier alpha value is -8.10. The number of carbonyl (C=O) groups excluding carboxylic acids is 11. The van der Waals surface area contributed by atoms with Crippen LogP contribution in [0.1, 0.15) is 124 Å². The van der Waals surface area contributed by atoms with E-state index in [2.05, 4.69) is 36.9 Å². The minimum absolute atomic E-state index is 0.0454. The van der Waals surface area contributed by atoms with E-state index in [1.807, 2.05) is 65.0 Å². The number of alkyl carbamates (subject to hydrolysis) is 1. The molecule has 26 heteroatoms. The highest BCUT2D eigenvalue weighted by Gasteiger charge is 2.48. The summed E-state index contributed by atoms with van der Waals surface area (Å²) in [5.41, 5.74) is 5.59. The molecule has 2 aromatic rings. The average molecular weight is 1280 g/mol. The van der Waals surface area contributed by atoms with Crippen LogP contribution >= 0.6 is 0 Å². The number of primary amides is 1. The maximum Gasteiger partial charge on any atom is 0.408 e. The molecular formula is C66H97N11O15. The molecule has 8 N–H and O–H groups in total. The van der Waals surface area contributed by atoms with Crippen LogP contribution in [0, 0.1) is 29.6 Å². The van der Waals surface area contributed by atoms with Crippen molar-refractivity contribution in [3.63, 3.8) is 0 Å². The number of nitrogens with zero attached hydrogens (tertiary/aromatic N) is 4. The highest BCUT2D eigenvalue weighted by Crippen LogP contribution is 2.31. The Morgan fingerprint density at radius 2 is 1.49 bits per heavy atom. The van der Waals surface area contributed by atoms with Gasteiger partial charge in [0.25, 0.3) is 17.7 Å². The molecule has 0 aromatic heterocycles. The van der Waals surface area contributed by atoms with Crippen molar-refractivity contribution in [3.05, 3.63) is 77.9 Å². The highest BCUT2D eigenvalue weighted by molar-refractivity contribution is 6.12. The topological polar surface area (TPSA) is 345 Å². The number of imide groups is 1. The van der Waals surface area contributed by atoms with Crippen molar-refractivity contribution in [1.29, 1.82) is 0 Å². The van der Waals surface area contributed by atoms with Gasteiger partial charge in [-0.15, -0.1) is 0 Å². The van der Waals surface area contributed by atoms with Crippen LogP contribution in [0.15, 0.2) is 71.7 Å². The summed E-state index contributed by atoms with van der Waals surface area (Å²) >= 11 is 0. The van der Waals surface area contributed by atoms with E-state index in [9.17, 15) is 52.7 Å². The number of carbonyl (C=O) groups is 11. The van der Waals surface area contributed by atoms with Gasteiger partial charge in [-0.2, -0.15) is 0 Å². The highest BCUT2D eigenvalue weighted by atomic mass is 16.6. The predicted molar refractivity (Wildman–Crippen MR) is 343 cm³/mol. The van der Waals surface area contributed by atoms with Gasteiger partial charge in [0, 0.05) is 77.9 Å². The van der Waals surface area contributed by atoms with E-state index in [4.69, 9.17) is 24.7 Å². The molecule has 0 bridgehead atoms. The smallest absolute Gasteiger partial charge is 0.408 e. The first-order valence-corrected chi connectivity index (χ1v) is 32.0. The number of amides is 12. The normalized spacial score (nSPS) is 17.8. The van der Waals surface area contributed by atoms with Gasteiger partial charge in [-0.05, 0) is 86.0 Å². The summed E-state index contributed by atoms with van der Waals surface area (Å²) < 4.78 is 22.9. The second kappa shape index (κ2) is 36.8. The Bertz CT molecular complexity index is 2880. The SMILES string of the molecule is CC[C@H](C)[C@@H]([C@@H](CC(=O)N1CCC[C@H]1[C@H](OC)[C@@H](C)C(=O)NCCc1ccccc1)OC)N(C)C(=O)C(C=NC(=O)C1(NC(=O)OCc2ccc(NC(=O)[C@H](CCCNC(N)=O)NC(=O)[C@@H](NC(=O)CCCCCN3C(=O)C=CC3=O)C(C)C)cc2)COC1)C(C)C. The van der Waals surface area contributed by atoms with Gasteiger partial charge in [0.05, 0.1) is 55.8 Å². The van der Waals surface area contributed by atoms with E-state index in [0.717, 1.165) is 16.9 Å². The van der Waals surface area contributed by atoms with Crippen LogP contribution in [0.3, 0.4) is 0 Å². The Morgan fingerprint density at radius 1 is 0.804 bits per heavy atom. The number of nitrogens with two attached hydrogens (primary N) is 1. The Kier molecular flexibility index (Phi) is 29.9. The van der Waals surface area contributed by atoms with E-state index >= 15 is 0 Å². The molecule has 0 saturated carbocycles. The van der Waals surface area contributed by atoms with Crippen LogP contribution in [-0.2, 0) is 75.1 Å². The lowest BCUT2D eigenvalue weighted by Crippen LogP contribution is -2.66. The molecule has 9 atom stereocenters. The lowest BCUT2D eigenvalue weighted by molar-refractivity contribution is -0.147. The minimum atomic E-state index is -1.58. The van der Waals surface area contributed by atoms with Gasteiger partial charge < -0.3 is 66.4 Å². The quantitative estimate of drug-likeness (QED) is 0.0281. The fourth-order valence-electron chi connectivity index (χ4n) is 11.5. The Morgan fingerprint density at radius 3 is 2.09 bits per heavy atom. The minimum Gasteiger partial charge on any atom is -0.445 e. The van der Waals surface area contributed by atoms with Crippen molar-refractivity contribution in [3.8, 4) is 0 Å². The Labute approximate surface area is 540 Å². The predicted octanol–water partition coefficient (Wildman–Crippen LogP) is 4.33. The van der Waals surface area contributed by atoms with Gasteiger partial charge in [-0.1, -0.05) is 104 Å². The molecule has 0 aliphatic carbocycles. The molecular weight excluding hydrogens is 1190 g/mol. The number of likely N-dealkylation sites (N-methyl/N-ethyl adjacent to an activating group) is 1. The van der Waals surface area contributed by atoms with E-state index in [-0.39, 0.29) is 112 Å². The number of aliphatic imine (C=N–C) groups is 1. The number of rotatable bonds is 37. The van der Waals surface area contributed by atoms with Gasteiger partial charge in [0.15, 0.2) is 5.54 Å². The first-order chi connectivity index (χ1) is 43.8. The number of hydrogen-bond donors (Lipinski definition) is 7. The maximum atomic E-state index is 14.6. The summed E-state index contributed by atoms with van der Waals surface area (Å²) in [5.74, 6) is -6.09. The third-order valence-corrected chi connectivity index (χ3v) is 17.3. The fourth-order valence-corrected chi connectivity index (χ4v) is 11.5. The van der Waals surface area contributed by atoms with Crippen molar-refractivity contribution in [1.82, 2.24) is 41.3 Å². The number of likely N-dealkylation sites (tertiary alicyclic amines) is 1. The Balaban J connectivity index is 1.14.